The van der Waals surface area contributed by atoms with Crippen LogP contribution in [0.2, 0.25) is 54.9 Å². The lowest BCUT2D eigenvalue weighted by Crippen LogP contribution is -2.88. The lowest BCUT2D eigenvalue weighted by Gasteiger charge is -2.66. The van der Waals surface area contributed by atoms with Gasteiger partial charge in [0, 0.05) is 35.3 Å². The molecule has 3 rings (SSSR count). The Hall–Kier alpha value is 1.26. The van der Waals surface area contributed by atoms with E-state index in [4.69, 9.17) is 41.2 Å². The zero-order chi connectivity index (χ0) is 40.6. The van der Waals surface area contributed by atoms with Crippen molar-refractivity contribution < 1.29 is 50.7 Å². The highest BCUT2D eigenvalue weighted by Gasteiger charge is 2.86. The van der Waals surface area contributed by atoms with Gasteiger partial charge in [-0.15, -0.1) is 0 Å². The van der Waals surface area contributed by atoms with E-state index in [1.54, 1.807) is 0 Å². The highest BCUT2D eigenvalue weighted by atomic mass is 28.6. The van der Waals surface area contributed by atoms with Gasteiger partial charge in [0.05, 0.1) is 0 Å². The first-order valence-electron chi connectivity index (χ1n) is 18.3. The standard InChI is InChI=1S/C31H74O12Si8/c1-25(2,3)45(32)35-48(28(10,11)12)36-46(33,26(4,5)6)38-50(30(16,17)18)40-47(27(7,8)9,34-44(22,23)24)39-49(37-45,29(13,14)15)42-51(41-48,43-50)31(19,20)21/h32-33H,1-24H3. The van der Waals surface area contributed by atoms with Crippen LogP contribution in [0.4, 0.5) is 0 Å². The SMILES string of the molecule is CC(C)(C)[Si]1(O)O[Si]2(C(C)(C)C)O[Si](O)(C(C)(C)C)O[Si]3(C(C)(C)C)O[Si](O[Si](C)(C)C)(C(C)(C)C)O[Si](C(C)(C)C)(O1)O[Si](C(C)(C)C)(O2)O3. The quantitative estimate of drug-likeness (QED) is 0.257. The second kappa shape index (κ2) is 12.6. The maximum atomic E-state index is 13.3. The van der Waals surface area contributed by atoms with Crippen LogP contribution < -0.4 is 0 Å². The third-order valence-electron chi connectivity index (χ3n) is 9.36. The lowest BCUT2D eigenvalue weighted by atomic mass is 10.3. The maximum absolute atomic E-state index is 13.3. The van der Waals surface area contributed by atoms with Gasteiger partial charge in [0.2, 0.25) is 0 Å². The Bertz CT molecular complexity index is 1250. The van der Waals surface area contributed by atoms with Crippen LogP contribution in [0.25, 0.3) is 0 Å². The topological polar surface area (TPSA) is 133 Å². The first-order valence-corrected chi connectivity index (χ1v) is 33.8. The molecule has 3 saturated heterocycles. The molecular weight excluding hydrogens is 789 g/mol. The number of fused-ring (bicyclic) bond motifs is 3. The Kier molecular flexibility index (Phi) is 11.5. The highest BCUT2D eigenvalue weighted by Crippen LogP contribution is 2.64. The second-order valence-electron chi connectivity index (χ2n) is 22.8. The Labute approximate surface area is 319 Å². The predicted octanol–water partition coefficient (Wildman–Crippen LogP) is 9.19. The fraction of sp³-hybridized carbons (Fsp3) is 1.00. The molecule has 4 bridgehead atoms. The molecule has 0 aromatic heterocycles. The number of rotatable bonds is 2. The van der Waals surface area contributed by atoms with Crippen LogP contribution in [-0.2, 0) is 41.2 Å². The van der Waals surface area contributed by atoms with E-state index in [2.05, 4.69) is 19.6 Å². The minimum atomic E-state index is -4.56. The van der Waals surface area contributed by atoms with Gasteiger partial charge >= 0.3 is 61.6 Å². The molecule has 0 spiro atoms. The van der Waals surface area contributed by atoms with Crippen LogP contribution in [0, 0.1) is 0 Å². The fourth-order valence-electron chi connectivity index (χ4n) is 5.28. The number of hydrogen-bond donors (Lipinski definition) is 2. The van der Waals surface area contributed by atoms with Crippen molar-refractivity contribution in [3.05, 3.63) is 0 Å². The summed E-state index contributed by atoms with van der Waals surface area (Å²) in [5, 5.41) is -6.34. The molecule has 0 aromatic rings. The van der Waals surface area contributed by atoms with Gasteiger partial charge in [-0.25, -0.2) is 0 Å². The van der Waals surface area contributed by atoms with Crippen LogP contribution in [0.5, 0.6) is 0 Å². The summed E-state index contributed by atoms with van der Waals surface area (Å²) in [6, 6.07) is 0. The highest BCUT2D eigenvalue weighted by molar-refractivity contribution is 7.01. The van der Waals surface area contributed by atoms with Crippen LogP contribution in [0.15, 0.2) is 0 Å². The van der Waals surface area contributed by atoms with Crippen molar-refractivity contribution in [3.8, 4) is 0 Å². The Morgan fingerprint density at radius 2 is 0.549 bits per heavy atom. The third kappa shape index (κ3) is 8.05. The molecule has 2 N–H and O–H groups in total. The summed E-state index contributed by atoms with van der Waals surface area (Å²) in [5.41, 5.74) is 0. The van der Waals surface area contributed by atoms with E-state index < -0.39 is 105 Å². The van der Waals surface area contributed by atoms with Crippen LogP contribution >= 0.6 is 0 Å². The first-order chi connectivity index (χ1) is 21.8. The van der Waals surface area contributed by atoms with Crippen molar-refractivity contribution >= 4 is 69.9 Å². The van der Waals surface area contributed by atoms with E-state index in [1.165, 1.54) is 0 Å². The van der Waals surface area contributed by atoms with Gasteiger partial charge < -0.3 is 50.7 Å². The van der Waals surface area contributed by atoms with Gasteiger partial charge in [0.1, 0.15) is 0 Å². The predicted molar refractivity (Wildman–Crippen MR) is 217 cm³/mol. The van der Waals surface area contributed by atoms with Gasteiger partial charge in [0.15, 0.2) is 8.32 Å². The average molecular weight is 864 g/mol. The molecule has 0 radical (unpaired) electrons. The summed E-state index contributed by atoms with van der Waals surface area (Å²) < 4.78 is 75.1. The molecule has 3 heterocycles. The number of hydrogen-bond acceptors (Lipinski definition) is 12. The van der Waals surface area contributed by atoms with E-state index in [1.807, 2.05) is 145 Å². The molecule has 0 aliphatic carbocycles. The summed E-state index contributed by atoms with van der Waals surface area (Å²) in [7, 11) is -33.3. The Morgan fingerprint density at radius 1 is 0.333 bits per heavy atom. The van der Waals surface area contributed by atoms with Crippen LogP contribution in [0.3, 0.4) is 0 Å². The van der Waals surface area contributed by atoms with E-state index in [0.717, 1.165) is 0 Å². The minimum Gasteiger partial charge on any atom is -0.416 e. The minimum absolute atomic E-state index is 0.799. The van der Waals surface area contributed by atoms with Crippen LogP contribution in [-0.4, -0.2) is 79.5 Å². The zero-order valence-corrected chi connectivity index (χ0v) is 44.5. The van der Waals surface area contributed by atoms with Crippen molar-refractivity contribution in [2.24, 2.45) is 0 Å². The van der Waals surface area contributed by atoms with Crippen molar-refractivity contribution in [3.63, 3.8) is 0 Å². The molecule has 20 heteroatoms. The Balaban J connectivity index is 2.85. The van der Waals surface area contributed by atoms with Gasteiger partial charge in [-0.05, 0) is 19.6 Å². The lowest BCUT2D eigenvalue weighted by molar-refractivity contribution is -0.0271. The van der Waals surface area contributed by atoms with Gasteiger partial charge in [-0.3, -0.25) is 0 Å². The van der Waals surface area contributed by atoms with Crippen molar-refractivity contribution in [1.82, 2.24) is 0 Å². The first kappa shape index (κ1) is 46.6. The molecule has 3 aliphatic rings. The summed E-state index contributed by atoms with van der Waals surface area (Å²) in [6.07, 6.45) is 0. The van der Waals surface area contributed by atoms with Crippen LogP contribution in [0.1, 0.15) is 145 Å². The summed E-state index contributed by atoms with van der Waals surface area (Å²) >= 11 is 0. The molecule has 0 saturated carbocycles. The average Bonchev–Trinajstić information content (AvgIpc) is 2.74. The van der Waals surface area contributed by atoms with Crippen molar-refractivity contribution in [2.75, 3.05) is 0 Å². The third-order valence-corrected chi connectivity index (χ3v) is 45.3. The molecular formula is C31H74O12Si8. The van der Waals surface area contributed by atoms with Crippen molar-refractivity contribution in [2.45, 2.75) is 200 Å². The molecule has 4 unspecified atom stereocenters. The summed E-state index contributed by atoms with van der Waals surface area (Å²) in [6.45, 7) is 47.3. The molecule has 4 atom stereocenters. The molecule has 3 fully saturated rings. The van der Waals surface area contributed by atoms with E-state index >= 15 is 0 Å². The monoisotopic (exact) mass is 862 g/mol. The Morgan fingerprint density at radius 3 is 0.725 bits per heavy atom. The largest absolute Gasteiger partial charge is 0.489 e. The van der Waals surface area contributed by atoms with E-state index in [-0.39, 0.29) is 0 Å². The normalized spacial score (nSPS) is 39.9. The van der Waals surface area contributed by atoms with Gasteiger partial charge in [-0.1, -0.05) is 145 Å². The second-order valence-corrected chi connectivity index (χ2v) is 53.6. The molecule has 0 aromatic carbocycles. The molecule has 12 nitrogen and oxygen atoms in total. The molecule has 0 amide bonds. The van der Waals surface area contributed by atoms with Gasteiger partial charge in [-0.2, -0.15) is 0 Å². The molecule has 51 heavy (non-hydrogen) atoms. The molecule has 3 aliphatic heterocycles. The zero-order valence-electron chi connectivity index (χ0n) is 36.5. The summed E-state index contributed by atoms with van der Waals surface area (Å²) in [4.78, 5) is 26.5. The van der Waals surface area contributed by atoms with Gasteiger partial charge in [0.25, 0.3) is 0 Å². The fourth-order valence-corrected chi connectivity index (χ4v) is 53.9. The smallest absolute Gasteiger partial charge is 0.416 e. The van der Waals surface area contributed by atoms with E-state index in [0.29, 0.717) is 0 Å². The summed E-state index contributed by atoms with van der Waals surface area (Å²) in [5.74, 6) is 0. The van der Waals surface area contributed by atoms with E-state index in [9.17, 15) is 9.59 Å². The maximum Gasteiger partial charge on any atom is 0.489 e. The molecule has 302 valence electrons. The van der Waals surface area contributed by atoms with Crippen molar-refractivity contribution in [1.29, 1.82) is 0 Å².